The Bertz CT molecular complexity index is 152. The summed E-state index contributed by atoms with van der Waals surface area (Å²) in [5.74, 6) is 0. The monoisotopic (exact) mass is 270 g/mol. The molecule has 4 N–H and O–H groups in total. The summed E-state index contributed by atoms with van der Waals surface area (Å²) < 4.78 is 1.66. The fourth-order valence-corrected chi connectivity index (χ4v) is 1.59. The predicted molar refractivity (Wildman–Crippen MR) is 73.0 cm³/mol. The van der Waals surface area contributed by atoms with Gasteiger partial charge in [0.05, 0.1) is 42.3 Å². The summed E-state index contributed by atoms with van der Waals surface area (Å²) >= 11 is 0. The lowest BCUT2D eigenvalue weighted by Gasteiger charge is -2.24. The van der Waals surface area contributed by atoms with Gasteiger partial charge in [-0.05, 0) is 13.8 Å². The van der Waals surface area contributed by atoms with Gasteiger partial charge >= 0.3 is 0 Å². The first-order valence-corrected chi connectivity index (χ1v) is 5.80. The molecule has 0 heterocycles. The SMILES string of the molecule is CC(O)C[N+](C)(C)C.CC(O)C[N+](C)(C)C.[OH-].[OH-]. The Kier molecular flexibility index (Phi) is 15.6. The normalized spacial score (nSPS) is 14.3. The Morgan fingerprint density at radius 1 is 0.667 bits per heavy atom. The number of aliphatic hydroxyl groups is 2. The van der Waals surface area contributed by atoms with E-state index in [9.17, 15) is 0 Å². The summed E-state index contributed by atoms with van der Waals surface area (Å²) in [4.78, 5) is 0. The first-order valence-electron chi connectivity index (χ1n) is 5.80. The standard InChI is InChI=1S/2C6H16NO.2H2O/c2*1-6(8)5-7(2,3)4;;/h2*6,8H,5H2,1-4H3;2*1H2/q2*+1;;/p-2. The molecule has 0 rings (SSSR count). The summed E-state index contributed by atoms with van der Waals surface area (Å²) in [5.41, 5.74) is 0. The third-order valence-corrected chi connectivity index (χ3v) is 1.62. The van der Waals surface area contributed by atoms with E-state index in [-0.39, 0.29) is 23.2 Å². The van der Waals surface area contributed by atoms with Crippen LogP contribution in [0.5, 0.6) is 0 Å². The molecule has 0 saturated heterocycles. The number of aliphatic hydroxyl groups excluding tert-OH is 2. The van der Waals surface area contributed by atoms with Gasteiger partial charge in [-0.25, -0.2) is 0 Å². The molecule has 0 aromatic rings. The van der Waals surface area contributed by atoms with Crippen molar-refractivity contribution in [3.05, 3.63) is 0 Å². The molecule has 0 aliphatic carbocycles. The lowest BCUT2D eigenvalue weighted by atomic mass is 10.3. The molecule has 0 amide bonds. The minimum absolute atomic E-state index is 0. The molecule has 0 aliphatic heterocycles. The fraction of sp³-hybridized carbons (Fsp3) is 1.00. The topological polar surface area (TPSA) is 100 Å². The van der Waals surface area contributed by atoms with Crippen molar-refractivity contribution in [3.8, 4) is 0 Å². The van der Waals surface area contributed by atoms with Crippen molar-refractivity contribution in [2.75, 3.05) is 55.4 Å². The summed E-state index contributed by atoms with van der Waals surface area (Å²) in [6, 6.07) is 0. The van der Waals surface area contributed by atoms with E-state index in [4.69, 9.17) is 10.2 Å². The Morgan fingerprint density at radius 3 is 0.833 bits per heavy atom. The van der Waals surface area contributed by atoms with E-state index in [0.29, 0.717) is 0 Å². The van der Waals surface area contributed by atoms with E-state index in [0.717, 1.165) is 22.1 Å². The summed E-state index contributed by atoms with van der Waals surface area (Å²) in [6.07, 6.45) is -0.370. The highest BCUT2D eigenvalue weighted by Crippen LogP contribution is 1.92. The largest absolute Gasteiger partial charge is 0.870 e. The molecular weight excluding hydrogens is 236 g/mol. The van der Waals surface area contributed by atoms with Gasteiger partial charge in [-0.1, -0.05) is 0 Å². The minimum atomic E-state index is -0.185. The van der Waals surface area contributed by atoms with Crippen molar-refractivity contribution in [1.82, 2.24) is 0 Å². The van der Waals surface area contributed by atoms with Gasteiger partial charge in [-0.15, -0.1) is 0 Å². The highest BCUT2D eigenvalue weighted by Gasteiger charge is 2.10. The van der Waals surface area contributed by atoms with Gasteiger partial charge in [0.25, 0.3) is 0 Å². The van der Waals surface area contributed by atoms with Crippen LogP contribution >= 0.6 is 0 Å². The number of quaternary nitrogens is 2. The van der Waals surface area contributed by atoms with Crippen LogP contribution in [0.1, 0.15) is 13.8 Å². The van der Waals surface area contributed by atoms with E-state index in [2.05, 4.69) is 42.3 Å². The van der Waals surface area contributed by atoms with E-state index in [1.807, 2.05) is 13.8 Å². The molecule has 0 saturated carbocycles. The number of likely N-dealkylation sites (N-methyl/N-ethyl adjacent to an activating group) is 2. The molecule has 0 aliphatic rings. The second kappa shape index (κ2) is 10.7. The zero-order valence-electron chi connectivity index (χ0n) is 13.3. The molecule has 0 aromatic heterocycles. The van der Waals surface area contributed by atoms with Crippen LogP contribution in [-0.4, -0.2) is 97.7 Å². The summed E-state index contributed by atoms with van der Waals surface area (Å²) in [5, 5.41) is 17.7. The second-order valence-electron chi connectivity index (χ2n) is 6.64. The van der Waals surface area contributed by atoms with Crippen LogP contribution < -0.4 is 0 Å². The molecule has 0 radical (unpaired) electrons. The van der Waals surface area contributed by atoms with Crippen molar-refractivity contribution in [2.24, 2.45) is 0 Å². The first kappa shape index (κ1) is 26.3. The maximum absolute atomic E-state index is 8.87. The number of rotatable bonds is 4. The lowest BCUT2D eigenvalue weighted by molar-refractivity contribution is -0.873. The maximum atomic E-state index is 8.87. The van der Waals surface area contributed by atoms with Gasteiger partial charge in [0.2, 0.25) is 0 Å². The molecule has 0 aromatic carbocycles. The zero-order chi connectivity index (χ0) is 13.6. The molecular formula is C12H34N2O4. The van der Waals surface area contributed by atoms with Crippen LogP contribution in [0.15, 0.2) is 0 Å². The van der Waals surface area contributed by atoms with Crippen LogP contribution in [-0.2, 0) is 0 Å². The van der Waals surface area contributed by atoms with E-state index in [1.165, 1.54) is 0 Å². The van der Waals surface area contributed by atoms with Gasteiger partial charge < -0.3 is 30.1 Å². The Labute approximate surface area is 112 Å². The van der Waals surface area contributed by atoms with Crippen molar-refractivity contribution < 1.29 is 30.1 Å². The third-order valence-electron chi connectivity index (χ3n) is 1.62. The fourth-order valence-electron chi connectivity index (χ4n) is 1.59. The second-order valence-corrected chi connectivity index (χ2v) is 6.64. The summed E-state index contributed by atoms with van der Waals surface area (Å²) in [6.45, 7) is 5.26. The molecule has 18 heavy (non-hydrogen) atoms. The van der Waals surface area contributed by atoms with Gasteiger partial charge in [0.1, 0.15) is 25.3 Å². The van der Waals surface area contributed by atoms with Crippen molar-refractivity contribution in [1.29, 1.82) is 0 Å². The lowest BCUT2D eigenvalue weighted by Crippen LogP contribution is -2.40. The third kappa shape index (κ3) is 36.0. The van der Waals surface area contributed by atoms with Crippen LogP contribution in [0, 0.1) is 0 Å². The number of hydrogen-bond donors (Lipinski definition) is 2. The molecule has 2 unspecified atom stereocenters. The van der Waals surface area contributed by atoms with E-state index in [1.54, 1.807) is 0 Å². The molecule has 116 valence electrons. The number of hydrogen-bond acceptors (Lipinski definition) is 4. The average molecular weight is 270 g/mol. The molecule has 6 nitrogen and oxygen atoms in total. The van der Waals surface area contributed by atoms with E-state index < -0.39 is 0 Å². The molecule has 0 spiro atoms. The van der Waals surface area contributed by atoms with E-state index >= 15 is 0 Å². The van der Waals surface area contributed by atoms with Crippen LogP contribution in [0.3, 0.4) is 0 Å². The van der Waals surface area contributed by atoms with Gasteiger partial charge in [-0.3, -0.25) is 0 Å². The Hall–Kier alpha value is -0.240. The van der Waals surface area contributed by atoms with Gasteiger partial charge in [0, 0.05) is 0 Å². The summed E-state index contributed by atoms with van der Waals surface area (Å²) in [7, 11) is 12.4. The van der Waals surface area contributed by atoms with Crippen molar-refractivity contribution in [3.63, 3.8) is 0 Å². The Balaban J connectivity index is -0.0000000980. The number of nitrogens with zero attached hydrogens (tertiary/aromatic N) is 2. The highest BCUT2D eigenvalue weighted by molar-refractivity contribution is 4.39. The predicted octanol–water partition coefficient (Wildman–Crippen LogP) is -0.207. The van der Waals surface area contributed by atoms with Crippen LogP contribution in [0.25, 0.3) is 0 Å². The van der Waals surface area contributed by atoms with Crippen LogP contribution in [0.4, 0.5) is 0 Å². The average Bonchev–Trinajstić information content (AvgIpc) is 1.72. The molecule has 0 fully saturated rings. The van der Waals surface area contributed by atoms with Crippen molar-refractivity contribution >= 4 is 0 Å². The van der Waals surface area contributed by atoms with Crippen LogP contribution in [0.2, 0.25) is 0 Å². The zero-order valence-corrected chi connectivity index (χ0v) is 13.3. The molecule has 2 atom stereocenters. The quantitative estimate of drug-likeness (QED) is 0.690. The molecule has 0 bridgehead atoms. The smallest absolute Gasteiger partial charge is 0.104 e. The van der Waals surface area contributed by atoms with Crippen molar-refractivity contribution in [2.45, 2.75) is 26.1 Å². The molecule has 6 heteroatoms. The first-order chi connectivity index (χ1) is 6.83. The van der Waals surface area contributed by atoms with Gasteiger partial charge in [0.15, 0.2) is 0 Å². The maximum Gasteiger partial charge on any atom is 0.104 e. The minimum Gasteiger partial charge on any atom is -0.870 e. The Morgan fingerprint density at radius 2 is 0.833 bits per heavy atom. The van der Waals surface area contributed by atoms with Gasteiger partial charge in [-0.2, -0.15) is 0 Å². The highest BCUT2D eigenvalue weighted by atomic mass is 16.3.